The lowest BCUT2D eigenvalue weighted by Gasteiger charge is -2.22. The molecule has 106 valence electrons. The van der Waals surface area contributed by atoms with Gasteiger partial charge in [-0.15, -0.1) is 0 Å². The van der Waals surface area contributed by atoms with Gasteiger partial charge in [0.25, 0.3) is 0 Å². The molecule has 0 bridgehead atoms. The maximum Gasteiger partial charge on any atom is 0.240 e. The lowest BCUT2D eigenvalue weighted by molar-refractivity contribution is 0.0678. The smallest absolute Gasteiger partial charge is 0.240 e. The molecule has 0 amide bonds. The molecule has 0 atom stereocenters. The lowest BCUT2D eigenvalue weighted by Crippen LogP contribution is -2.32. The third-order valence-electron chi connectivity index (χ3n) is 3.05. The van der Waals surface area contributed by atoms with Crippen LogP contribution in [0.1, 0.15) is 12.8 Å². The van der Waals surface area contributed by atoms with Gasteiger partial charge in [0.1, 0.15) is 11.6 Å². The molecule has 0 unspecified atom stereocenters. The Morgan fingerprint density at radius 1 is 1.16 bits per heavy atom. The normalized spacial score (nSPS) is 17.6. The topological polar surface area (TPSA) is 55.4 Å². The van der Waals surface area contributed by atoms with Gasteiger partial charge in [0.15, 0.2) is 0 Å². The fourth-order valence-corrected chi connectivity index (χ4v) is 3.10. The van der Waals surface area contributed by atoms with Crippen molar-refractivity contribution in [2.45, 2.75) is 17.7 Å². The van der Waals surface area contributed by atoms with E-state index in [4.69, 9.17) is 4.74 Å². The zero-order valence-electron chi connectivity index (χ0n) is 10.2. The number of ether oxygens (including phenoxy) is 1. The van der Waals surface area contributed by atoms with Crippen LogP contribution in [0.2, 0.25) is 0 Å². The number of halogens is 2. The van der Waals surface area contributed by atoms with Gasteiger partial charge in [-0.05, 0) is 30.9 Å². The minimum atomic E-state index is -3.88. The molecule has 0 aromatic heterocycles. The second-order valence-electron chi connectivity index (χ2n) is 4.51. The van der Waals surface area contributed by atoms with Crippen molar-refractivity contribution >= 4 is 10.0 Å². The molecule has 0 spiro atoms. The number of sulfonamides is 1. The van der Waals surface area contributed by atoms with Crippen LogP contribution in [0.25, 0.3) is 0 Å². The van der Waals surface area contributed by atoms with Crippen molar-refractivity contribution in [3.8, 4) is 0 Å². The van der Waals surface area contributed by atoms with Crippen molar-refractivity contribution in [1.29, 1.82) is 0 Å². The largest absolute Gasteiger partial charge is 0.381 e. The van der Waals surface area contributed by atoms with Crippen LogP contribution in [-0.4, -0.2) is 28.2 Å². The Hall–Kier alpha value is -1.05. The number of benzene rings is 1. The molecular formula is C12H15F2NO3S. The van der Waals surface area contributed by atoms with Gasteiger partial charge in [-0.25, -0.2) is 21.9 Å². The molecule has 1 fully saturated rings. The van der Waals surface area contributed by atoms with E-state index in [-0.39, 0.29) is 12.5 Å². The van der Waals surface area contributed by atoms with E-state index in [1.807, 2.05) is 0 Å². The van der Waals surface area contributed by atoms with Crippen LogP contribution in [0.4, 0.5) is 8.78 Å². The Morgan fingerprint density at radius 3 is 2.32 bits per heavy atom. The predicted molar refractivity (Wildman–Crippen MR) is 65.1 cm³/mol. The summed E-state index contributed by atoms with van der Waals surface area (Å²) in [5.74, 6) is -1.63. The van der Waals surface area contributed by atoms with Gasteiger partial charge in [0.2, 0.25) is 10.0 Å². The Balaban J connectivity index is 2.04. The molecule has 2 rings (SSSR count). The molecule has 0 radical (unpaired) electrons. The van der Waals surface area contributed by atoms with Crippen LogP contribution in [-0.2, 0) is 14.8 Å². The first-order chi connectivity index (χ1) is 8.97. The molecule has 4 nitrogen and oxygen atoms in total. The van der Waals surface area contributed by atoms with Crippen LogP contribution in [0.3, 0.4) is 0 Å². The zero-order chi connectivity index (χ0) is 13.9. The summed E-state index contributed by atoms with van der Waals surface area (Å²) in [6.07, 6.45) is 1.56. The second-order valence-corrected chi connectivity index (χ2v) is 6.28. The predicted octanol–water partition coefficient (Wildman–Crippen LogP) is 1.67. The molecule has 1 aliphatic rings. The van der Waals surface area contributed by atoms with Gasteiger partial charge in [-0.2, -0.15) is 0 Å². The van der Waals surface area contributed by atoms with Gasteiger partial charge in [0.05, 0.1) is 4.90 Å². The molecule has 1 aliphatic heterocycles. The van der Waals surface area contributed by atoms with E-state index in [0.717, 1.165) is 25.0 Å². The van der Waals surface area contributed by atoms with Crippen molar-refractivity contribution in [2.24, 2.45) is 5.92 Å². The van der Waals surface area contributed by atoms with Gasteiger partial charge in [0, 0.05) is 25.8 Å². The Morgan fingerprint density at radius 2 is 1.74 bits per heavy atom. The van der Waals surface area contributed by atoms with Crippen molar-refractivity contribution in [3.63, 3.8) is 0 Å². The van der Waals surface area contributed by atoms with Crippen LogP contribution >= 0.6 is 0 Å². The average molecular weight is 291 g/mol. The zero-order valence-corrected chi connectivity index (χ0v) is 11.1. The average Bonchev–Trinajstić information content (AvgIpc) is 2.37. The van der Waals surface area contributed by atoms with E-state index in [2.05, 4.69) is 4.72 Å². The van der Waals surface area contributed by atoms with Crippen LogP contribution in [0, 0.1) is 17.6 Å². The Kier molecular flexibility index (Phi) is 4.49. The summed E-state index contributed by atoms with van der Waals surface area (Å²) in [6, 6.07) is 2.24. The molecule has 1 saturated heterocycles. The highest BCUT2D eigenvalue weighted by molar-refractivity contribution is 7.89. The van der Waals surface area contributed by atoms with Gasteiger partial charge in [-0.3, -0.25) is 0 Å². The van der Waals surface area contributed by atoms with E-state index in [1.165, 1.54) is 0 Å². The SMILES string of the molecule is O=S(=O)(NCC1CCOCC1)c1cc(F)cc(F)c1. The van der Waals surface area contributed by atoms with Gasteiger partial charge < -0.3 is 4.74 Å². The first-order valence-electron chi connectivity index (χ1n) is 6.01. The minimum Gasteiger partial charge on any atom is -0.381 e. The van der Waals surface area contributed by atoms with Crippen molar-refractivity contribution in [2.75, 3.05) is 19.8 Å². The highest BCUT2D eigenvalue weighted by atomic mass is 32.2. The van der Waals surface area contributed by atoms with Crippen LogP contribution in [0.5, 0.6) is 0 Å². The van der Waals surface area contributed by atoms with E-state index in [1.54, 1.807) is 0 Å². The van der Waals surface area contributed by atoms with Gasteiger partial charge in [-0.1, -0.05) is 0 Å². The molecule has 1 heterocycles. The standard InChI is InChI=1S/C12H15F2NO3S/c13-10-5-11(14)7-12(6-10)19(16,17)15-8-9-1-3-18-4-2-9/h5-7,9,15H,1-4,8H2. The number of hydrogen-bond acceptors (Lipinski definition) is 3. The van der Waals surface area contributed by atoms with Crippen LogP contribution < -0.4 is 4.72 Å². The van der Waals surface area contributed by atoms with E-state index < -0.39 is 26.6 Å². The number of hydrogen-bond donors (Lipinski definition) is 1. The van der Waals surface area contributed by atoms with E-state index >= 15 is 0 Å². The lowest BCUT2D eigenvalue weighted by atomic mass is 10.0. The molecule has 19 heavy (non-hydrogen) atoms. The van der Waals surface area contributed by atoms with E-state index in [9.17, 15) is 17.2 Å². The van der Waals surface area contributed by atoms with Crippen molar-refractivity contribution < 1.29 is 21.9 Å². The number of nitrogens with one attached hydrogen (secondary N) is 1. The molecule has 1 aromatic rings. The maximum atomic E-state index is 13.0. The molecular weight excluding hydrogens is 276 g/mol. The summed E-state index contributed by atoms with van der Waals surface area (Å²) < 4.78 is 57.4. The quantitative estimate of drug-likeness (QED) is 0.918. The summed E-state index contributed by atoms with van der Waals surface area (Å²) in [6.45, 7) is 1.48. The maximum absolute atomic E-state index is 13.0. The van der Waals surface area contributed by atoms with Crippen LogP contribution in [0.15, 0.2) is 23.1 Å². The monoisotopic (exact) mass is 291 g/mol. The Bertz CT molecular complexity index is 522. The highest BCUT2D eigenvalue weighted by Gasteiger charge is 2.20. The molecule has 0 saturated carbocycles. The molecule has 1 N–H and O–H groups in total. The first kappa shape index (κ1) is 14.4. The second kappa shape index (κ2) is 5.94. The molecule has 1 aromatic carbocycles. The fraction of sp³-hybridized carbons (Fsp3) is 0.500. The molecule has 0 aliphatic carbocycles. The third kappa shape index (κ3) is 3.95. The van der Waals surface area contributed by atoms with Crippen molar-refractivity contribution in [3.05, 3.63) is 29.8 Å². The summed E-state index contributed by atoms with van der Waals surface area (Å²) in [5, 5.41) is 0. The summed E-state index contributed by atoms with van der Waals surface area (Å²) >= 11 is 0. The number of rotatable bonds is 4. The van der Waals surface area contributed by atoms with Gasteiger partial charge >= 0.3 is 0 Å². The summed E-state index contributed by atoms with van der Waals surface area (Å²) in [5.41, 5.74) is 0. The van der Waals surface area contributed by atoms with E-state index in [0.29, 0.717) is 19.3 Å². The first-order valence-corrected chi connectivity index (χ1v) is 7.49. The fourth-order valence-electron chi connectivity index (χ4n) is 1.95. The highest BCUT2D eigenvalue weighted by Crippen LogP contribution is 2.16. The summed E-state index contributed by atoms with van der Waals surface area (Å²) in [7, 11) is -3.88. The molecule has 7 heteroatoms. The van der Waals surface area contributed by atoms with Crippen molar-refractivity contribution in [1.82, 2.24) is 4.72 Å². The Labute approximate surface area is 110 Å². The summed E-state index contributed by atoms with van der Waals surface area (Å²) in [4.78, 5) is -0.392. The minimum absolute atomic E-state index is 0.196. The third-order valence-corrected chi connectivity index (χ3v) is 4.45.